The number of ether oxygens (including phenoxy) is 1. The summed E-state index contributed by atoms with van der Waals surface area (Å²) in [7, 11) is 0. The molecule has 0 bridgehead atoms. The van der Waals surface area contributed by atoms with Crippen LogP contribution in [0.2, 0.25) is 0 Å². The number of unbranched alkanes of at least 4 members (excludes halogenated alkanes) is 14. The largest absolute Gasteiger partial charge is 1.00 e. The van der Waals surface area contributed by atoms with Crippen LogP contribution in [0.25, 0.3) is 0 Å². The van der Waals surface area contributed by atoms with Crippen LogP contribution in [0.3, 0.4) is 0 Å². The fourth-order valence-corrected chi connectivity index (χ4v) is 3.76. The molecule has 0 aliphatic carbocycles. The molecule has 0 N–H and O–H groups in total. The molecule has 6 heteroatoms. The minimum Gasteiger partial charge on any atom is -1.00 e. The van der Waals surface area contributed by atoms with E-state index in [-0.39, 0.29) is 32.9 Å². The number of carbonyl (C=O) groups is 2. The second-order valence-corrected chi connectivity index (χ2v) is 9.94. The van der Waals surface area contributed by atoms with Crippen molar-refractivity contribution in [1.82, 2.24) is 0 Å². The molecular weight excluding hydrogens is 435 g/mol. The summed E-state index contributed by atoms with van der Waals surface area (Å²) < 4.78 is 5.31. The van der Waals surface area contributed by atoms with E-state index in [0.29, 0.717) is 12.0 Å². The minimum absolute atomic E-state index is 0. The van der Waals surface area contributed by atoms with Crippen molar-refractivity contribution >= 4 is 11.9 Å². The van der Waals surface area contributed by atoms with Gasteiger partial charge in [0.25, 0.3) is 0 Å². The van der Waals surface area contributed by atoms with Crippen LogP contribution in [-0.2, 0) is 19.3 Å². The van der Waals surface area contributed by atoms with Gasteiger partial charge in [-0.3, -0.25) is 9.68 Å². The molecule has 0 heterocycles. The molecule has 0 radical (unpaired) electrons. The van der Waals surface area contributed by atoms with E-state index in [0.717, 1.165) is 12.8 Å². The Hall–Kier alpha value is -1.28. The summed E-state index contributed by atoms with van der Waals surface area (Å²) in [6.07, 6.45) is 19.9. The zero-order chi connectivity index (χ0) is 24.9. The van der Waals surface area contributed by atoms with Gasteiger partial charge in [0.15, 0.2) is 0 Å². The fraction of sp³-hybridized carbons (Fsp3) is 0.724. The number of carbonyl (C=O) groups excluding carboxylic acids is 2. The molecule has 1 rings (SSSR count). The quantitative estimate of drug-likeness (QED) is 0.0761. The molecule has 0 aliphatic rings. The van der Waals surface area contributed by atoms with Crippen LogP contribution in [0.15, 0.2) is 30.3 Å². The van der Waals surface area contributed by atoms with Gasteiger partial charge in [0.2, 0.25) is 0 Å². The summed E-state index contributed by atoms with van der Waals surface area (Å²) in [6, 6.07) is 8.62. The Morgan fingerprint density at radius 2 is 1.20 bits per heavy atom. The molecule has 35 heavy (non-hydrogen) atoms. The van der Waals surface area contributed by atoms with Crippen LogP contribution in [0.5, 0.6) is 0 Å². The molecule has 196 valence electrons. The van der Waals surface area contributed by atoms with Crippen LogP contribution in [0, 0.1) is 0 Å². The van der Waals surface area contributed by atoms with Gasteiger partial charge in [-0.15, -0.1) is 0 Å². The van der Waals surface area contributed by atoms with Gasteiger partial charge in [-0.1, -0.05) is 115 Å². The smallest absolute Gasteiger partial charge is 1.00 e. The summed E-state index contributed by atoms with van der Waals surface area (Å²) in [5, 5.41) is 0. The molecule has 0 spiro atoms. The molecule has 5 nitrogen and oxygen atoms in total. The first-order valence-corrected chi connectivity index (χ1v) is 13.6. The first kappa shape index (κ1) is 33.7. The van der Waals surface area contributed by atoms with Crippen molar-refractivity contribution in [2.45, 2.75) is 129 Å². The van der Waals surface area contributed by atoms with Crippen molar-refractivity contribution in [3.8, 4) is 0 Å². The summed E-state index contributed by atoms with van der Waals surface area (Å²) in [4.78, 5) is 34.0. The average Bonchev–Trinajstić information content (AvgIpc) is 2.84. The summed E-state index contributed by atoms with van der Waals surface area (Å²) in [5.41, 5.74) is -0.502. The maximum absolute atomic E-state index is 12.0. The van der Waals surface area contributed by atoms with Crippen LogP contribution in [0.1, 0.15) is 135 Å². The van der Waals surface area contributed by atoms with Crippen LogP contribution in [-0.4, -0.2) is 24.1 Å². The normalized spacial score (nSPS) is 11.1. The van der Waals surface area contributed by atoms with Gasteiger partial charge >= 0.3 is 30.8 Å². The predicted octanol–water partition coefficient (Wildman–Crippen LogP) is 5.47. The van der Waals surface area contributed by atoms with E-state index in [9.17, 15) is 9.59 Å². The number of esters is 1. The maximum atomic E-state index is 12.0. The number of benzene rings is 1. The number of hydrogen-bond donors (Lipinski definition) is 0. The predicted molar refractivity (Wildman–Crippen MR) is 139 cm³/mol. The Balaban J connectivity index is 0. The van der Waals surface area contributed by atoms with E-state index >= 15 is 0 Å². The third-order valence-electron chi connectivity index (χ3n) is 5.92. The zero-order valence-corrected chi connectivity index (χ0v) is 22.9. The molecule has 0 amide bonds. The maximum Gasteiger partial charge on any atom is 1.00 e. The Labute approximate surface area is 227 Å². The number of rotatable bonds is 21. The summed E-state index contributed by atoms with van der Waals surface area (Å²) >= 11 is 0. The third kappa shape index (κ3) is 19.6. The van der Waals surface area contributed by atoms with E-state index in [1.807, 2.05) is 6.07 Å². The first-order chi connectivity index (χ1) is 16.4. The Morgan fingerprint density at radius 3 is 1.69 bits per heavy atom. The SMILES string of the molecule is CCCCCCCCCCCCCCCCCC(=O)OCC(C)(C)OOC(=O)c1ccccc1.[H-].[Li+]. The molecule has 0 fully saturated rings. The van der Waals surface area contributed by atoms with Crippen molar-refractivity contribution in [2.24, 2.45) is 0 Å². The molecule has 1 aromatic rings. The minimum atomic E-state index is -0.908. The monoisotopic (exact) mass is 484 g/mol. The molecule has 1 aromatic carbocycles. The second-order valence-electron chi connectivity index (χ2n) is 9.94. The standard InChI is InChI=1S/C29H48O5.Li.H/c1-4-5-6-7-8-9-10-11-12-13-14-15-16-17-21-24-27(30)32-25-29(2,3)34-33-28(31)26-22-19-18-20-23-26;;/h18-20,22-23H,4-17,21,24-25H2,1-3H3;;/q;+1;-1. The van der Waals surface area contributed by atoms with Crippen LogP contribution < -0.4 is 18.9 Å². The fourth-order valence-electron chi connectivity index (χ4n) is 3.76. The van der Waals surface area contributed by atoms with E-state index in [1.165, 1.54) is 83.5 Å². The van der Waals surface area contributed by atoms with E-state index < -0.39 is 11.6 Å². The molecule has 0 saturated heterocycles. The Bertz CT molecular complexity index is 654. The van der Waals surface area contributed by atoms with Crippen molar-refractivity contribution in [2.75, 3.05) is 6.61 Å². The first-order valence-electron chi connectivity index (χ1n) is 13.6. The van der Waals surface area contributed by atoms with Crippen LogP contribution >= 0.6 is 0 Å². The van der Waals surface area contributed by atoms with Gasteiger partial charge in [0.05, 0.1) is 5.56 Å². The van der Waals surface area contributed by atoms with Gasteiger partial charge in [0.1, 0.15) is 12.2 Å². The van der Waals surface area contributed by atoms with Gasteiger partial charge in [-0.05, 0) is 32.4 Å². The second kappa shape index (κ2) is 22.0. The van der Waals surface area contributed by atoms with Crippen LogP contribution in [0.4, 0.5) is 0 Å². The van der Waals surface area contributed by atoms with Crippen molar-refractivity contribution in [3.05, 3.63) is 35.9 Å². The van der Waals surface area contributed by atoms with E-state index in [1.54, 1.807) is 38.1 Å². The third-order valence-corrected chi connectivity index (χ3v) is 5.92. The molecular formula is C29H49LiO5. The van der Waals surface area contributed by atoms with E-state index in [2.05, 4.69) is 6.92 Å². The van der Waals surface area contributed by atoms with Crippen molar-refractivity contribution in [1.29, 1.82) is 0 Å². The summed E-state index contributed by atoms with van der Waals surface area (Å²) in [5.74, 6) is -0.807. The molecule has 0 unspecified atom stereocenters. The van der Waals surface area contributed by atoms with Gasteiger partial charge < -0.3 is 6.16 Å². The topological polar surface area (TPSA) is 61.8 Å². The average molecular weight is 485 g/mol. The van der Waals surface area contributed by atoms with Crippen molar-refractivity contribution < 1.29 is 44.4 Å². The van der Waals surface area contributed by atoms with Gasteiger partial charge in [0, 0.05) is 6.42 Å². The molecule has 0 aliphatic heterocycles. The Kier molecular flexibility index (Phi) is 21.2. The van der Waals surface area contributed by atoms with Gasteiger partial charge in [-0.2, -0.15) is 4.89 Å². The molecule has 0 aromatic heterocycles. The summed E-state index contributed by atoms with van der Waals surface area (Å²) in [6.45, 7) is 5.73. The zero-order valence-electron chi connectivity index (χ0n) is 23.9. The van der Waals surface area contributed by atoms with Crippen molar-refractivity contribution in [3.63, 3.8) is 0 Å². The Morgan fingerprint density at radius 1 is 0.743 bits per heavy atom. The molecule has 0 saturated carbocycles. The number of hydrogen-bond acceptors (Lipinski definition) is 5. The van der Waals surface area contributed by atoms with E-state index in [4.69, 9.17) is 14.5 Å². The molecule has 0 atom stereocenters. The van der Waals surface area contributed by atoms with Gasteiger partial charge in [-0.25, -0.2) is 4.79 Å².